The standard InChI is InChI=1S/C16H12ClN3O5S/c1-7-3-8(2)19(23)15(17)13(7)16-18-10(6-26-16)9-4-11(20(24)25)14(22)12(21)5-9/h3-6,21-22H,1-2H3. The first-order valence-corrected chi connectivity index (χ1v) is 8.52. The zero-order valence-electron chi connectivity index (χ0n) is 13.6. The fourth-order valence-electron chi connectivity index (χ4n) is 2.53. The number of nitro benzene ring substituents is 1. The van der Waals surface area contributed by atoms with Crippen LogP contribution in [-0.4, -0.2) is 20.1 Å². The van der Waals surface area contributed by atoms with Gasteiger partial charge in [0.1, 0.15) is 5.01 Å². The van der Waals surface area contributed by atoms with E-state index in [-0.39, 0.29) is 10.7 Å². The summed E-state index contributed by atoms with van der Waals surface area (Å²) in [4.78, 5) is 14.6. The van der Waals surface area contributed by atoms with Crippen LogP contribution in [0.5, 0.6) is 11.5 Å². The van der Waals surface area contributed by atoms with Crippen LogP contribution < -0.4 is 4.73 Å². The molecule has 0 aliphatic carbocycles. The van der Waals surface area contributed by atoms with Crippen LogP contribution in [0, 0.1) is 29.2 Å². The highest BCUT2D eigenvalue weighted by Gasteiger charge is 2.23. The summed E-state index contributed by atoms with van der Waals surface area (Å²) >= 11 is 7.36. The van der Waals surface area contributed by atoms with Gasteiger partial charge in [-0.2, -0.15) is 4.73 Å². The summed E-state index contributed by atoms with van der Waals surface area (Å²) in [5.41, 5.74) is 1.66. The highest BCUT2D eigenvalue weighted by atomic mass is 35.5. The number of aromatic nitrogens is 2. The number of nitrogens with zero attached hydrogens (tertiary/aromatic N) is 3. The van der Waals surface area contributed by atoms with Gasteiger partial charge < -0.3 is 15.4 Å². The number of phenols is 2. The van der Waals surface area contributed by atoms with Gasteiger partial charge in [-0.25, -0.2) is 4.98 Å². The Bertz CT molecular complexity index is 1050. The van der Waals surface area contributed by atoms with E-state index in [0.717, 1.165) is 11.6 Å². The minimum atomic E-state index is -0.806. The van der Waals surface area contributed by atoms with E-state index in [0.29, 0.717) is 26.7 Å². The number of hydrogen-bond acceptors (Lipinski definition) is 7. The molecule has 0 aliphatic heterocycles. The van der Waals surface area contributed by atoms with E-state index in [2.05, 4.69) is 4.98 Å². The molecule has 2 heterocycles. The Hall–Kier alpha value is -2.91. The van der Waals surface area contributed by atoms with Crippen molar-refractivity contribution in [1.82, 2.24) is 4.98 Å². The van der Waals surface area contributed by atoms with Gasteiger partial charge in [-0.3, -0.25) is 10.1 Å². The van der Waals surface area contributed by atoms with Crippen molar-refractivity contribution in [3.05, 3.63) is 55.3 Å². The molecule has 0 bridgehead atoms. The predicted octanol–water partition coefficient (Wildman–Crippen LogP) is 3.70. The third kappa shape index (κ3) is 2.91. The third-order valence-electron chi connectivity index (χ3n) is 3.80. The van der Waals surface area contributed by atoms with E-state index in [4.69, 9.17) is 11.6 Å². The number of thiazole rings is 1. The average Bonchev–Trinajstić information content (AvgIpc) is 3.04. The second-order valence-electron chi connectivity index (χ2n) is 5.59. The monoisotopic (exact) mass is 393 g/mol. The molecule has 10 heteroatoms. The molecule has 0 amide bonds. The maximum absolute atomic E-state index is 12.0. The van der Waals surface area contributed by atoms with E-state index in [1.807, 2.05) is 0 Å². The summed E-state index contributed by atoms with van der Waals surface area (Å²) in [5, 5.41) is 44.4. The molecule has 0 saturated carbocycles. The molecule has 2 N–H and O–H groups in total. The first-order valence-electron chi connectivity index (χ1n) is 7.26. The van der Waals surface area contributed by atoms with E-state index >= 15 is 0 Å². The smallest absolute Gasteiger partial charge is 0.315 e. The predicted molar refractivity (Wildman–Crippen MR) is 96.4 cm³/mol. The number of benzene rings is 1. The van der Waals surface area contributed by atoms with Crippen molar-refractivity contribution in [2.75, 3.05) is 0 Å². The Labute approximate surface area is 156 Å². The molecule has 134 valence electrons. The van der Waals surface area contributed by atoms with Crippen molar-refractivity contribution in [1.29, 1.82) is 0 Å². The van der Waals surface area contributed by atoms with Gasteiger partial charge in [0.25, 0.3) is 5.15 Å². The van der Waals surface area contributed by atoms with Crippen LogP contribution in [0.2, 0.25) is 5.15 Å². The molecule has 3 rings (SSSR count). The molecule has 2 aromatic heterocycles. The molecule has 0 spiro atoms. The normalized spacial score (nSPS) is 10.9. The summed E-state index contributed by atoms with van der Waals surface area (Å²) < 4.78 is 0.599. The Morgan fingerprint density at radius 2 is 1.96 bits per heavy atom. The lowest BCUT2D eigenvalue weighted by Gasteiger charge is -2.08. The molecule has 3 aromatic rings. The average molecular weight is 394 g/mol. The second-order valence-corrected chi connectivity index (χ2v) is 6.80. The Kier molecular flexibility index (Phi) is 4.43. The number of hydrogen-bond donors (Lipinski definition) is 2. The van der Waals surface area contributed by atoms with Gasteiger partial charge in [-0.15, -0.1) is 11.3 Å². The molecular formula is C16H12ClN3O5S. The highest BCUT2D eigenvalue weighted by Crippen LogP contribution is 2.41. The van der Waals surface area contributed by atoms with E-state index in [9.17, 15) is 25.5 Å². The van der Waals surface area contributed by atoms with E-state index in [1.54, 1.807) is 25.3 Å². The first kappa shape index (κ1) is 17.9. The highest BCUT2D eigenvalue weighted by molar-refractivity contribution is 7.13. The lowest BCUT2D eigenvalue weighted by Crippen LogP contribution is -2.32. The second kappa shape index (κ2) is 6.43. The first-order chi connectivity index (χ1) is 12.2. The largest absolute Gasteiger partial charge is 0.617 e. The Morgan fingerprint density at radius 3 is 2.62 bits per heavy atom. The number of pyridine rings is 1. The van der Waals surface area contributed by atoms with Crippen molar-refractivity contribution in [2.45, 2.75) is 13.8 Å². The SMILES string of the molecule is Cc1cc(C)[n+]([O-])c(Cl)c1-c1nc(-c2cc(O)c(O)c([N+](=O)[O-])c2)cs1. The molecule has 8 nitrogen and oxygen atoms in total. The summed E-state index contributed by atoms with van der Waals surface area (Å²) in [6, 6.07) is 3.98. The zero-order valence-corrected chi connectivity index (χ0v) is 15.1. The van der Waals surface area contributed by atoms with Gasteiger partial charge in [0, 0.05) is 30.0 Å². The molecule has 26 heavy (non-hydrogen) atoms. The molecule has 0 fully saturated rings. The van der Waals surface area contributed by atoms with Gasteiger partial charge in [0.15, 0.2) is 11.4 Å². The van der Waals surface area contributed by atoms with Crippen LogP contribution >= 0.6 is 22.9 Å². The third-order valence-corrected chi connectivity index (χ3v) is 5.01. The van der Waals surface area contributed by atoms with E-state index in [1.165, 1.54) is 17.4 Å². The van der Waals surface area contributed by atoms with Crippen molar-refractivity contribution in [2.24, 2.45) is 0 Å². The van der Waals surface area contributed by atoms with Crippen LogP contribution in [-0.2, 0) is 0 Å². The Morgan fingerprint density at radius 1 is 1.27 bits per heavy atom. The van der Waals surface area contributed by atoms with Crippen molar-refractivity contribution in [3.63, 3.8) is 0 Å². The quantitative estimate of drug-likeness (QED) is 0.174. The minimum absolute atomic E-state index is 0.0112. The van der Waals surface area contributed by atoms with Crippen LogP contribution in [0.4, 0.5) is 5.69 Å². The molecule has 0 atom stereocenters. The fourth-order valence-corrected chi connectivity index (χ4v) is 3.90. The topological polar surface area (TPSA) is 123 Å². The van der Waals surface area contributed by atoms with Crippen molar-refractivity contribution in [3.8, 4) is 33.3 Å². The molecule has 0 unspecified atom stereocenters. The lowest BCUT2D eigenvalue weighted by atomic mass is 10.1. The molecule has 1 aromatic carbocycles. The van der Waals surface area contributed by atoms with Gasteiger partial charge in [-0.05, 0) is 30.2 Å². The molecular weight excluding hydrogens is 382 g/mol. The van der Waals surface area contributed by atoms with Gasteiger partial charge in [-0.1, -0.05) is 0 Å². The lowest BCUT2D eigenvalue weighted by molar-refractivity contribution is -0.609. The summed E-state index contributed by atoms with van der Waals surface area (Å²) in [7, 11) is 0. The van der Waals surface area contributed by atoms with Gasteiger partial charge >= 0.3 is 5.69 Å². The number of phenolic OH excluding ortho intramolecular Hbond substituents is 2. The van der Waals surface area contributed by atoms with E-state index < -0.39 is 22.1 Å². The fraction of sp³-hybridized carbons (Fsp3) is 0.125. The maximum Gasteiger partial charge on any atom is 0.315 e. The summed E-state index contributed by atoms with van der Waals surface area (Å²) in [5.74, 6) is -1.43. The molecule has 0 saturated heterocycles. The minimum Gasteiger partial charge on any atom is -0.617 e. The zero-order chi connectivity index (χ0) is 19.2. The van der Waals surface area contributed by atoms with Crippen molar-refractivity contribution >= 4 is 28.6 Å². The van der Waals surface area contributed by atoms with Crippen molar-refractivity contribution < 1.29 is 19.9 Å². The van der Waals surface area contributed by atoms with Gasteiger partial charge in [0.2, 0.25) is 5.75 Å². The van der Waals surface area contributed by atoms with Crippen LogP contribution in [0.1, 0.15) is 11.3 Å². The number of aryl methyl sites for hydroxylation is 2. The van der Waals surface area contributed by atoms with Crippen LogP contribution in [0.15, 0.2) is 23.6 Å². The number of aromatic hydroxyl groups is 2. The van der Waals surface area contributed by atoms with Crippen LogP contribution in [0.25, 0.3) is 21.8 Å². The van der Waals surface area contributed by atoms with Crippen LogP contribution in [0.3, 0.4) is 0 Å². The maximum atomic E-state index is 12.0. The summed E-state index contributed by atoms with van der Waals surface area (Å²) in [6.45, 7) is 3.44. The molecule has 0 aliphatic rings. The van der Waals surface area contributed by atoms with Gasteiger partial charge in [0.05, 0.1) is 16.2 Å². The Balaban J connectivity index is 2.13. The number of halogens is 1. The number of nitro groups is 1. The molecule has 0 radical (unpaired) electrons. The number of rotatable bonds is 3. The summed E-state index contributed by atoms with van der Waals surface area (Å²) in [6.07, 6.45) is 0.